The second kappa shape index (κ2) is 6.52. The van der Waals surface area contributed by atoms with E-state index in [1.54, 1.807) is 36.6 Å². The van der Waals surface area contributed by atoms with Gasteiger partial charge in [-0.15, -0.1) is 0 Å². The van der Waals surface area contributed by atoms with Gasteiger partial charge >= 0.3 is 0 Å². The van der Waals surface area contributed by atoms with Gasteiger partial charge in [-0.1, -0.05) is 0 Å². The molecule has 1 aromatic carbocycles. The molecule has 3 aromatic rings. The van der Waals surface area contributed by atoms with E-state index in [-0.39, 0.29) is 18.4 Å². The van der Waals surface area contributed by atoms with E-state index < -0.39 is 0 Å². The van der Waals surface area contributed by atoms with Gasteiger partial charge in [-0.3, -0.25) is 4.79 Å². The molecule has 126 valence electrons. The highest BCUT2D eigenvalue weighted by Crippen LogP contribution is 2.34. The molecule has 0 unspecified atom stereocenters. The number of rotatable bonds is 5. The fourth-order valence-corrected chi connectivity index (χ4v) is 2.32. The first-order chi connectivity index (χ1) is 12.3. The quantitative estimate of drug-likeness (QED) is 0.737. The lowest BCUT2D eigenvalue weighted by molar-refractivity contribution is 0.0943. The monoisotopic (exact) mass is 338 g/mol. The summed E-state index contributed by atoms with van der Waals surface area (Å²) < 4.78 is 15.8. The Hall–Kier alpha value is -3.55. The van der Waals surface area contributed by atoms with Gasteiger partial charge in [-0.25, -0.2) is 9.97 Å². The topological polar surface area (TPSA) is 98.5 Å². The van der Waals surface area contributed by atoms with E-state index in [1.165, 1.54) is 6.20 Å². The molecule has 4 rings (SSSR count). The molecule has 0 aliphatic carbocycles. The number of fused-ring (bicyclic) bond motifs is 1. The number of nitrogens with zero attached hydrogens (tertiary/aromatic N) is 2. The number of furan rings is 1. The van der Waals surface area contributed by atoms with Crippen LogP contribution in [0.4, 0.5) is 11.6 Å². The van der Waals surface area contributed by atoms with Crippen LogP contribution in [-0.2, 0) is 6.54 Å². The minimum Gasteiger partial charge on any atom is -0.467 e. The van der Waals surface area contributed by atoms with Crippen LogP contribution in [0.5, 0.6) is 11.5 Å². The third kappa shape index (κ3) is 3.37. The van der Waals surface area contributed by atoms with E-state index in [4.69, 9.17) is 13.9 Å². The molecule has 1 aliphatic rings. The fraction of sp³-hybridized carbons (Fsp3) is 0.118. The third-order valence-electron chi connectivity index (χ3n) is 3.52. The maximum absolute atomic E-state index is 12.2. The molecule has 0 saturated heterocycles. The smallest absolute Gasteiger partial charge is 0.270 e. The van der Waals surface area contributed by atoms with E-state index in [1.807, 2.05) is 6.07 Å². The normalized spacial score (nSPS) is 12.0. The number of benzene rings is 1. The van der Waals surface area contributed by atoms with Gasteiger partial charge in [0.05, 0.1) is 12.8 Å². The highest BCUT2D eigenvalue weighted by molar-refractivity contribution is 5.92. The van der Waals surface area contributed by atoms with Crippen molar-refractivity contribution in [1.82, 2.24) is 15.3 Å². The number of hydrogen-bond acceptors (Lipinski definition) is 7. The van der Waals surface area contributed by atoms with E-state index in [9.17, 15) is 4.79 Å². The highest BCUT2D eigenvalue weighted by Gasteiger charge is 2.14. The van der Waals surface area contributed by atoms with Crippen molar-refractivity contribution in [3.05, 3.63) is 60.3 Å². The maximum Gasteiger partial charge on any atom is 0.270 e. The molecule has 2 N–H and O–H groups in total. The van der Waals surface area contributed by atoms with Crippen molar-refractivity contribution < 1.29 is 18.7 Å². The molecule has 0 fully saturated rings. The number of ether oxygens (including phenoxy) is 2. The van der Waals surface area contributed by atoms with Gasteiger partial charge < -0.3 is 24.5 Å². The molecular weight excluding hydrogens is 324 g/mol. The molecule has 0 atom stereocenters. The van der Waals surface area contributed by atoms with Crippen molar-refractivity contribution in [2.24, 2.45) is 0 Å². The summed E-state index contributed by atoms with van der Waals surface area (Å²) in [4.78, 5) is 20.5. The largest absolute Gasteiger partial charge is 0.467 e. The van der Waals surface area contributed by atoms with Gasteiger partial charge in [0.25, 0.3) is 5.91 Å². The predicted molar refractivity (Wildman–Crippen MR) is 87.8 cm³/mol. The Balaban J connectivity index is 1.44. The second-order valence-electron chi connectivity index (χ2n) is 5.22. The number of carbonyl (C=O) groups is 1. The molecule has 8 nitrogen and oxygen atoms in total. The minimum absolute atomic E-state index is 0.209. The van der Waals surface area contributed by atoms with Crippen molar-refractivity contribution in [2.45, 2.75) is 6.54 Å². The first kappa shape index (κ1) is 15.0. The molecule has 3 heterocycles. The molecule has 0 spiro atoms. The first-order valence-corrected chi connectivity index (χ1v) is 7.58. The van der Waals surface area contributed by atoms with Crippen LogP contribution in [0.1, 0.15) is 16.2 Å². The SMILES string of the molecule is O=C(NCc1ccco1)c1ccnc(Nc2ccc3c(c2)OCO3)n1. The molecule has 2 aromatic heterocycles. The lowest BCUT2D eigenvalue weighted by atomic mass is 10.3. The zero-order valence-corrected chi connectivity index (χ0v) is 13.1. The van der Waals surface area contributed by atoms with Crippen LogP contribution in [0.2, 0.25) is 0 Å². The molecule has 25 heavy (non-hydrogen) atoms. The summed E-state index contributed by atoms with van der Waals surface area (Å²) >= 11 is 0. The Labute approximate surface area is 142 Å². The van der Waals surface area contributed by atoms with E-state index in [0.29, 0.717) is 29.8 Å². The van der Waals surface area contributed by atoms with Crippen molar-refractivity contribution in [3.8, 4) is 11.5 Å². The van der Waals surface area contributed by atoms with Gasteiger partial charge in [-0.2, -0.15) is 0 Å². The van der Waals surface area contributed by atoms with Gasteiger partial charge in [0.1, 0.15) is 11.5 Å². The Morgan fingerprint density at radius 1 is 1.16 bits per heavy atom. The van der Waals surface area contributed by atoms with Crippen LogP contribution in [0.15, 0.2) is 53.3 Å². The average molecular weight is 338 g/mol. The number of nitrogens with one attached hydrogen (secondary N) is 2. The Morgan fingerprint density at radius 3 is 2.96 bits per heavy atom. The van der Waals surface area contributed by atoms with Crippen molar-refractivity contribution in [1.29, 1.82) is 0 Å². The van der Waals surface area contributed by atoms with Crippen LogP contribution < -0.4 is 20.1 Å². The first-order valence-electron chi connectivity index (χ1n) is 7.58. The van der Waals surface area contributed by atoms with Gasteiger partial charge in [0.15, 0.2) is 11.5 Å². The lowest BCUT2D eigenvalue weighted by Crippen LogP contribution is -2.23. The zero-order chi connectivity index (χ0) is 17.1. The molecule has 0 bridgehead atoms. The van der Waals surface area contributed by atoms with Crippen molar-refractivity contribution >= 4 is 17.5 Å². The number of amides is 1. The van der Waals surface area contributed by atoms with Gasteiger partial charge in [0, 0.05) is 18.0 Å². The maximum atomic E-state index is 12.2. The number of aromatic nitrogens is 2. The van der Waals surface area contributed by atoms with E-state index in [2.05, 4.69) is 20.6 Å². The average Bonchev–Trinajstić information content (AvgIpc) is 3.31. The molecule has 8 heteroatoms. The van der Waals surface area contributed by atoms with Gasteiger partial charge in [-0.05, 0) is 30.3 Å². The number of anilines is 2. The second-order valence-corrected chi connectivity index (χ2v) is 5.22. The van der Waals surface area contributed by atoms with Crippen LogP contribution >= 0.6 is 0 Å². The molecule has 0 saturated carbocycles. The summed E-state index contributed by atoms with van der Waals surface area (Å²) in [7, 11) is 0. The Kier molecular flexibility index (Phi) is 3.91. The van der Waals surface area contributed by atoms with E-state index >= 15 is 0 Å². The summed E-state index contributed by atoms with van der Waals surface area (Å²) in [5.41, 5.74) is 0.988. The number of carbonyl (C=O) groups excluding carboxylic acids is 1. The van der Waals surface area contributed by atoms with Crippen LogP contribution in [0, 0.1) is 0 Å². The third-order valence-corrected chi connectivity index (χ3v) is 3.52. The molecular formula is C17H14N4O4. The molecule has 0 radical (unpaired) electrons. The van der Waals surface area contributed by atoms with Crippen LogP contribution in [0.25, 0.3) is 0 Å². The van der Waals surface area contributed by atoms with Crippen LogP contribution in [0.3, 0.4) is 0 Å². The number of hydrogen-bond donors (Lipinski definition) is 2. The summed E-state index contributed by atoms with van der Waals surface area (Å²) in [6, 6.07) is 10.5. The molecule has 1 aliphatic heterocycles. The summed E-state index contributed by atoms with van der Waals surface area (Å²) in [5.74, 6) is 2.01. The summed E-state index contributed by atoms with van der Waals surface area (Å²) in [5, 5.41) is 5.78. The minimum atomic E-state index is -0.312. The Morgan fingerprint density at radius 2 is 2.08 bits per heavy atom. The zero-order valence-electron chi connectivity index (χ0n) is 13.1. The van der Waals surface area contributed by atoms with Crippen molar-refractivity contribution in [3.63, 3.8) is 0 Å². The standard InChI is InChI=1S/C17H14N4O4/c22-16(19-9-12-2-1-7-23-12)13-5-6-18-17(21-13)20-11-3-4-14-15(8-11)25-10-24-14/h1-8H,9-10H2,(H,19,22)(H,18,20,21). The van der Waals surface area contributed by atoms with Crippen molar-refractivity contribution in [2.75, 3.05) is 12.1 Å². The highest BCUT2D eigenvalue weighted by atomic mass is 16.7. The Bertz CT molecular complexity index is 895. The van der Waals surface area contributed by atoms with Gasteiger partial charge in [0.2, 0.25) is 12.7 Å². The fourth-order valence-electron chi connectivity index (χ4n) is 2.32. The van der Waals surface area contributed by atoms with Crippen LogP contribution in [-0.4, -0.2) is 22.7 Å². The lowest BCUT2D eigenvalue weighted by Gasteiger charge is -2.07. The molecule has 1 amide bonds. The van der Waals surface area contributed by atoms with E-state index in [0.717, 1.165) is 5.69 Å². The predicted octanol–water partition coefficient (Wildman–Crippen LogP) is 2.47. The summed E-state index contributed by atoms with van der Waals surface area (Å²) in [6.07, 6.45) is 3.07. The summed E-state index contributed by atoms with van der Waals surface area (Å²) in [6.45, 7) is 0.501.